The second-order valence-electron chi connectivity index (χ2n) is 7.27. The smallest absolute Gasteiger partial charge is 0.291 e. The van der Waals surface area contributed by atoms with E-state index in [-0.39, 0.29) is 24.1 Å². The third-order valence-corrected chi connectivity index (χ3v) is 6.36. The second-order valence-corrected chi connectivity index (χ2v) is 8.16. The van der Waals surface area contributed by atoms with Gasteiger partial charge in [-0.3, -0.25) is 14.0 Å². The molecule has 28 heavy (non-hydrogen) atoms. The minimum absolute atomic E-state index is 0.00313. The Morgan fingerprint density at radius 3 is 3.07 bits per heavy atom. The number of benzene rings is 1. The summed E-state index contributed by atoms with van der Waals surface area (Å²) in [5.74, 6) is 0.510. The van der Waals surface area contributed by atoms with E-state index in [1.807, 2.05) is 41.0 Å². The van der Waals surface area contributed by atoms with Crippen LogP contribution in [0.3, 0.4) is 0 Å². The third kappa shape index (κ3) is 2.74. The van der Waals surface area contributed by atoms with Crippen LogP contribution in [0.1, 0.15) is 35.8 Å². The molecule has 0 radical (unpaired) electrons. The molecule has 0 spiro atoms. The van der Waals surface area contributed by atoms with Crippen molar-refractivity contribution in [1.82, 2.24) is 19.5 Å². The summed E-state index contributed by atoms with van der Waals surface area (Å²) in [4.78, 5) is 26.6. The molecular formula is C21H20N4O2S. The summed E-state index contributed by atoms with van der Waals surface area (Å²) in [5.41, 5.74) is 2.79. The van der Waals surface area contributed by atoms with Gasteiger partial charge in [0.25, 0.3) is 5.56 Å². The van der Waals surface area contributed by atoms with E-state index >= 15 is 0 Å². The van der Waals surface area contributed by atoms with Crippen molar-refractivity contribution in [2.75, 3.05) is 0 Å². The normalized spacial score (nSPS) is 16.4. The number of rotatable bonds is 3. The number of fused-ring (bicyclic) bond motifs is 4. The van der Waals surface area contributed by atoms with Crippen molar-refractivity contribution in [3.63, 3.8) is 0 Å². The van der Waals surface area contributed by atoms with Crippen LogP contribution in [0.4, 0.5) is 0 Å². The number of hydrogen-bond acceptors (Lipinski definition) is 4. The van der Waals surface area contributed by atoms with Gasteiger partial charge in [0.2, 0.25) is 5.91 Å². The lowest BCUT2D eigenvalue weighted by molar-refractivity contribution is -0.122. The third-order valence-electron chi connectivity index (χ3n) is 5.45. The highest BCUT2D eigenvalue weighted by Gasteiger charge is 2.22. The van der Waals surface area contributed by atoms with Gasteiger partial charge in [0.15, 0.2) is 0 Å². The molecule has 0 bridgehead atoms. The molecule has 0 fully saturated rings. The molecule has 1 aliphatic carbocycles. The Bertz CT molecular complexity index is 1270. The van der Waals surface area contributed by atoms with Crippen molar-refractivity contribution in [3.8, 4) is 0 Å². The predicted molar refractivity (Wildman–Crippen MR) is 110 cm³/mol. The van der Waals surface area contributed by atoms with Crippen LogP contribution in [0.2, 0.25) is 0 Å². The minimum atomic E-state index is -0.242. The maximum absolute atomic E-state index is 12.9. The standard InChI is InChI=1S/C21H20N4O2S/c1-13-23-24(20(27)18-11-15-9-10-28-21(15)25(13)18)12-19(26)22-17-8-4-6-14-5-2-3-7-16(14)17/h2-3,5,7,9-11,17H,4,6,8,12H2,1H3,(H,22,26). The van der Waals surface area contributed by atoms with E-state index in [0.29, 0.717) is 11.3 Å². The highest BCUT2D eigenvalue weighted by molar-refractivity contribution is 7.16. The van der Waals surface area contributed by atoms with Gasteiger partial charge >= 0.3 is 0 Å². The first-order valence-corrected chi connectivity index (χ1v) is 10.3. The molecule has 1 unspecified atom stereocenters. The molecule has 1 amide bonds. The molecule has 1 aliphatic rings. The molecule has 3 heterocycles. The van der Waals surface area contributed by atoms with Gasteiger partial charge in [-0.15, -0.1) is 11.3 Å². The SMILES string of the molecule is Cc1nn(CC(=O)NC2CCCc3ccccc32)c(=O)c2cc3ccsc3n12. The molecule has 0 aliphatic heterocycles. The molecular weight excluding hydrogens is 372 g/mol. The van der Waals surface area contributed by atoms with Gasteiger partial charge in [0.1, 0.15) is 22.7 Å². The molecule has 0 saturated carbocycles. The summed E-state index contributed by atoms with van der Waals surface area (Å²) in [7, 11) is 0. The van der Waals surface area contributed by atoms with Crippen LogP contribution in [0.25, 0.3) is 15.7 Å². The minimum Gasteiger partial charge on any atom is -0.348 e. The summed E-state index contributed by atoms with van der Waals surface area (Å²) < 4.78 is 3.15. The number of hydrogen-bond donors (Lipinski definition) is 1. The first kappa shape index (κ1) is 17.2. The van der Waals surface area contributed by atoms with Crippen LogP contribution in [0.5, 0.6) is 0 Å². The highest BCUT2D eigenvalue weighted by atomic mass is 32.1. The lowest BCUT2D eigenvalue weighted by Crippen LogP contribution is -2.37. The number of aryl methyl sites for hydroxylation is 2. The van der Waals surface area contributed by atoms with Crippen molar-refractivity contribution in [2.24, 2.45) is 0 Å². The number of nitrogens with one attached hydrogen (secondary N) is 1. The van der Waals surface area contributed by atoms with Crippen molar-refractivity contribution in [2.45, 2.75) is 38.8 Å². The quantitative estimate of drug-likeness (QED) is 0.582. The molecule has 6 nitrogen and oxygen atoms in total. The van der Waals surface area contributed by atoms with Crippen molar-refractivity contribution >= 4 is 33.0 Å². The van der Waals surface area contributed by atoms with E-state index in [4.69, 9.17) is 0 Å². The molecule has 3 aromatic heterocycles. The molecule has 0 saturated heterocycles. The number of aromatic nitrogens is 3. The molecule has 1 aromatic carbocycles. The van der Waals surface area contributed by atoms with Gasteiger partial charge in [0.05, 0.1) is 6.04 Å². The fraction of sp³-hybridized carbons (Fsp3) is 0.286. The van der Waals surface area contributed by atoms with Crippen molar-refractivity contribution < 1.29 is 4.79 Å². The van der Waals surface area contributed by atoms with Crippen LogP contribution in [-0.2, 0) is 17.8 Å². The Labute approximate surface area is 165 Å². The average molecular weight is 392 g/mol. The summed E-state index contributed by atoms with van der Waals surface area (Å²) >= 11 is 1.58. The number of carbonyl (C=O) groups is 1. The Hall–Kier alpha value is -2.93. The summed E-state index contributed by atoms with van der Waals surface area (Å²) in [6.45, 7) is 1.78. The second kappa shape index (κ2) is 6.60. The van der Waals surface area contributed by atoms with Gasteiger partial charge in [-0.25, -0.2) is 4.68 Å². The van der Waals surface area contributed by atoms with Gasteiger partial charge in [-0.1, -0.05) is 24.3 Å². The molecule has 142 valence electrons. The van der Waals surface area contributed by atoms with Gasteiger partial charge in [0, 0.05) is 5.39 Å². The van der Waals surface area contributed by atoms with Crippen LogP contribution >= 0.6 is 11.3 Å². The first-order chi connectivity index (χ1) is 13.6. The number of thiophene rings is 1. The lowest BCUT2D eigenvalue weighted by Gasteiger charge is -2.26. The van der Waals surface area contributed by atoms with Gasteiger partial charge in [-0.2, -0.15) is 5.10 Å². The Morgan fingerprint density at radius 1 is 1.32 bits per heavy atom. The van der Waals surface area contributed by atoms with E-state index < -0.39 is 0 Å². The van der Waals surface area contributed by atoms with Crippen molar-refractivity contribution in [1.29, 1.82) is 0 Å². The fourth-order valence-corrected chi connectivity index (χ4v) is 5.13. The summed E-state index contributed by atoms with van der Waals surface area (Å²) in [5, 5.41) is 10.5. The molecule has 5 rings (SSSR count). The zero-order valence-electron chi connectivity index (χ0n) is 15.5. The maximum Gasteiger partial charge on any atom is 0.291 e. The Kier molecular flexibility index (Phi) is 4.05. The number of amides is 1. The van der Waals surface area contributed by atoms with Crippen LogP contribution in [0.15, 0.2) is 46.6 Å². The maximum atomic E-state index is 12.9. The van der Waals surface area contributed by atoms with Gasteiger partial charge < -0.3 is 5.32 Å². The molecule has 1 atom stereocenters. The lowest BCUT2D eigenvalue weighted by atomic mass is 9.88. The zero-order valence-corrected chi connectivity index (χ0v) is 16.3. The van der Waals surface area contributed by atoms with E-state index in [1.165, 1.54) is 15.8 Å². The van der Waals surface area contributed by atoms with E-state index in [0.717, 1.165) is 29.5 Å². The van der Waals surface area contributed by atoms with Crippen molar-refractivity contribution in [3.05, 3.63) is 69.1 Å². The number of nitrogens with zero attached hydrogens (tertiary/aromatic N) is 3. The van der Waals surface area contributed by atoms with Gasteiger partial charge in [-0.05, 0) is 54.8 Å². The Morgan fingerprint density at radius 2 is 2.18 bits per heavy atom. The fourth-order valence-electron chi connectivity index (χ4n) is 4.19. The van der Waals surface area contributed by atoms with E-state index in [1.54, 1.807) is 11.3 Å². The topological polar surface area (TPSA) is 68.4 Å². The number of carbonyl (C=O) groups excluding carboxylic acids is 1. The summed E-state index contributed by atoms with van der Waals surface area (Å²) in [6.07, 6.45) is 3.01. The molecule has 1 N–H and O–H groups in total. The largest absolute Gasteiger partial charge is 0.348 e. The first-order valence-electron chi connectivity index (χ1n) is 9.45. The van der Waals surface area contributed by atoms with Crippen LogP contribution in [-0.4, -0.2) is 20.1 Å². The van der Waals surface area contributed by atoms with E-state index in [9.17, 15) is 9.59 Å². The summed E-state index contributed by atoms with van der Waals surface area (Å²) in [6, 6.07) is 12.1. The Balaban J connectivity index is 1.43. The van der Waals surface area contributed by atoms with Crippen LogP contribution < -0.4 is 10.9 Å². The monoisotopic (exact) mass is 392 g/mol. The van der Waals surface area contributed by atoms with Crippen LogP contribution in [0, 0.1) is 6.92 Å². The highest BCUT2D eigenvalue weighted by Crippen LogP contribution is 2.29. The van der Waals surface area contributed by atoms with E-state index in [2.05, 4.69) is 22.5 Å². The predicted octanol–water partition coefficient (Wildman–Crippen LogP) is 3.21. The molecule has 4 aromatic rings. The molecule has 7 heteroatoms. The average Bonchev–Trinajstić information content (AvgIpc) is 3.27. The zero-order chi connectivity index (χ0) is 19.3.